The number of benzene rings is 1. The third kappa shape index (κ3) is 4.24. The molecule has 0 radical (unpaired) electrons. The van der Waals surface area contributed by atoms with Gasteiger partial charge in [-0.1, -0.05) is 0 Å². The lowest BCUT2D eigenvalue weighted by atomic mass is 10.1. The molecule has 1 atom stereocenters. The number of non-ortho nitro benzene ring substituents is 1. The number of nitro groups is 1. The zero-order chi connectivity index (χ0) is 18.0. The first-order valence-corrected chi connectivity index (χ1v) is 8.65. The van der Waals surface area contributed by atoms with Crippen LogP contribution in [0.25, 0.3) is 10.9 Å². The average molecular weight is 343 g/mol. The maximum atomic E-state index is 11.1. The third-order valence-electron chi connectivity index (χ3n) is 4.66. The minimum Gasteiger partial charge on any atom is -0.381 e. The van der Waals surface area contributed by atoms with Crippen molar-refractivity contribution in [3.05, 3.63) is 40.1 Å². The second-order valence-electron chi connectivity index (χ2n) is 6.92. The van der Waals surface area contributed by atoms with Gasteiger partial charge in [0.1, 0.15) is 0 Å². The smallest absolute Gasteiger partial charge is 0.270 e. The number of pyridine rings is 1. The molecule has 0 aliphatic carbocycles. The topological polar surface area (TPSA) is 74.5 Å². The molecule has 7 nitrogen and oxygen atoms in total. The number of piperazine rings is 1. The Bertz CT molecular complexity index is 771. The Morgan fingerprint density at radius 2 is 2.00 bits per heavy atom. The van der Waals surface area contributed by atoms with E-state index < -0.39 is 0 Å². The molecule has 1 aromatic heterocycles. The Labute approximate surface area is 147 Å². The van der Waals surface area contributed by atoms with Gasteiger partial charge in [-0.25, -0.2) is 0 Å². The number of anilines is 1. The van der Waals surface area contributed by atoms with Crippen LogP contribution in [0.2, 0.25) is 0 Å². The maximum absolute atomic E-state index is 11.1. The predicted molar refractivity (Wildman–Crippen MR) is 100 cm³/mol. The summed E-state index contributed by atoms with van der Waals surface area (Å²) in [6.45, 7) is 9.38. The lowest BCUT2D eigenvalue weighted by Crippen LogP contribution is -2.47. The molecule has 1 unspecified atom stereocenters. The average Bonchev–Trinajstić information content (AvgIpc) is 2.56. The lowest BCUT2D eigenvalue weighted by Gasteiger charge is -2.34. The number of hydrogen-bond acceptors (Lipinski definition) is 6. The molecule has 1 N–H and O–H groups in total. The molecule has 1 aromatic carbocycles. The molecule has 0 spiro atoms. The fourth-order valence-electron chi connectivity index (χ4n) is 3.31. The van der Waals surface area contributed by atoms with E-state index in [1.807, 2.05) is 13.0 Å². The van der Waals surface area contributed by atoms with Gasteiger partial charge in [0.15, 0.2) is 0 Å². The highest BCUT2D eigenvalue weighted by molar-refractivity contribution is 5.93. The van der Waals surface area contributed by atoms with Crippen LogP contribution in [0.5, 0.6) is 0 Å². The Morgan fingerprint density at radius 1 is 1.28 bits per heavy atom. The van der Waals surface area contributed by atoms with E-state index in [0.717, 1.165) is 55.0 Å². The summed E-state index contributed by atoms with van der Waals surface area (Å²) in [4.78, 5) is 20.0. The lowest BCUT2D eigenvalue weighted by molar-refractivity contribution is -0.384. The van der Waals surface area contributed by atoms with E-state index in [2.05, 4.69) is 34.1 Å². The Hall–Kier alpha value is -2.25. The highest BCUT2D eigenvalue weighted by Gasteiger charge is 2.17. The van der Waals surface area contributed by atoms with Gasteiger partial charge in [-0.3, -0.25) is 20.0 Å². The summed E-state index contributed by atoms with van der Waals surface area (Å²) < 4.78 is 0. The van der Waals surface area contributed by atoms with Gasteiger partial charge in [-0.15, -0.1) is 0 Å². The van der Waals surface area contributed by atoms with Crippen molar-refractivity contribution in [2.75, 3.05) is 45.1 Å². The quantitative estimate of drug-likeness (QED) is 0.664. The van der Waals surface area contributed by atoms with Crippen molar-refractivity contribution in [1.29, 1.82) is 0 Å². The van der Waals surface area contributed by atoms with Gasteiger partial charge in [-0.05, 0) is 33.0 Å². The van der Waals surface area contributed by atoms with E-state index in [9.17, 15) is 10.1 Å². The second-order valence-corrected chi connectivity index (χ2v) is 6.92. The fourth-order valence-corrected chi connectivity index (χ4v) is 3.31. The molecule has 2 heterocycles. The first-order chi connectivity index (χ1) is 11.9. The van der Waals surface area contributed by atoms with E-state index in [0.29, 0.717) is 0 Å². The van der Waals surface area contributed by atoms with Crippen molar-refractivity contribution in [2.45, 2.75) is 19.9 Å². The first-order valence-electron chi connectivity index (χ1n) is 8.65. The van der Waals surface area contributed by atoms with Gasteiger partial charge in [-0.2, -0.15) is 0 Å². The van der Waals surface area contributed by atoms with Crippen LogP contribution in [-0.4, -0.2) is 65.5 Å². The Kier molecular flexibility index (Phi) is 5.15. The van der Waals surface area contributed by atoms with Crippen molar-refractivity contribution in [2.24, 2.45) is 0 Å². The molecule has 0 amide bonds. The monoisotopic (exact) mass is 343 g/mol. The summed E-state index contributed by atoms with van der Waals surface area (Å²) in [7, 11) is 2.15. The van der Waals surface area contributed by atoms with Crippen molar-refractivity contribution in [3.63, 3.8) is 0 Å². The standard InChI is InChI=1S/C18H25N5O2/c1-13-10-18(16-11-15(23(24)25)4-5-17(16)19-13)20-14(2)12-22-8-6-21(3)7-9-22/h4-5,10-11,14H,6-9,12H2,1-3H3,(H,19,20). The third-order valence-corrected chi connectivity index (χ3v) is 4.66. The molecule has 0 bridgehead atoms. The van der Waals surface area contributed by atoms with E-state index >= 15 is 0 Å². The van der Waals surface area contributed by atoms with E-state index in [1.54, 1.807) is 12.1 Å². The molecule has 1 saturated heterocycles. The number of aryl methyl sites for hydroxylation is 1. The van der Waals surface area contributed by atoms with Crippen LogP contribution in [0, 0.1) is 17.0 Å². The summed E-state index contributed by atoms with van der Waals surface area (Å²) in [6.07, 6.45) is 0. The molecule has 25 heavy (non-hydrogen) atoms. The number of aromatic nitrogens is 1. The number of rotatable bonds is 5. The highest BCUT2D eigenvalue weighted by atomic mass is 16.6. The summed E-state index contributed by atoms with van der Waals surface area (Å²) in [6, 6.07) is 7.04. The van der Waals surface area contributed by atoms with Gasteiger partial charge in [0.2, 0.25) is 0 Å². The van der Waals surface area contributed by atoms with Crippen LogP contribution in [-0.2, 0) is 0 Å². The van der Waals surface area contributed by atoms with Crippen LogP contribution in [0.3, 0.4) is 0 Å². The summed E-state index contributed by atoms with van der Waals surface area (Å²) in [5, 5.41) is 15.4. The zero-order valence-corrected chi connectivity index (χ0v) is 15.0. The SMILES string of the molecule is Cc1cc(NC(C)CN2CCN(C)CC2)c2cc([N+](=O)[O-])ccc2n1. The van der Waals surface area contributed by atoms with Gasteiger partial charge in [0, 0.05) is 67.7 Å². The molecule has 0 saturated carbocycles. The van der Waals surface area contributed by atoms with Crippen LogP contribution >= 0.6 is 0 Å². The molecular formula is C18H25N5O2. The Morgan fingerprint density at radius 3 is 2.68 bits per heavy atom. The van der Waals surface area contributed by atoms with Crippen LogP contribution in [0.15, 0.2) is 24.3 Å². The number of hydrogen-bond donors (Lipinski definition) is 1. The van der Waals surface area contributed by atoms with E-state index in [1.165, 1.54) is 6.07 Å². The van der Waals surface area contributed by atoms with Gasteiger partial charge in [0.05, 0.1) is 10.4 Å². The summed E-state index contributed by atoms with van der Waals surface area (Å²) >= 11 is 0. The van der Waals surface area contributed by atoms with Crippen molar-refractivity contribution in [3.8, 4) is 0 Å². The fraction of sp³-hybridized carbons (Fsp3) is 0.500. The Balaban J connectivity index is 1.79. The number of fused-ring (bicyclic) bond motifs is 1. The molecule has 2 aromatic rings. The highest BCUT2D eigenvalue weighted by Crippen LogP contribution is 2.27. The van der Waals surface area contributed by atoms with Gasteiger partial charge >= 0.3 is 0 Å². The molecule has 3 rings (SSSR count). The van der Waals surface area contributed by atoms with Crippen molar-refractivity contribution < 1.29 is 4.92 Å². The van der Waals surface area contributed by atoms with Crippen LogP contribution < -0.4 is 5.32 Å². The number of nitro benzene ring substituents is 1. The van der Waals surface area contributed by atoms with Crippen LogP contribution in [0.4, 0.5) is 11.4 Å². The predicted octanol–water partition coefficient (Wildman–Crippen LogP) is 2.50. The minimum atomic E-state index is -0.364. The number of nitrogens with zero attached hydrogens (tertiary/aromatic N) is 4. The van der Waals surface area contributed by atoms with E-state index in [4.69, 9.17) is 0 Å². The molecule has 1 aliphatic rings. The first kappa shape index (κ1) is 17.6. The largest absolute Gasteiger partial charge is 0.381 e. The number of likely N-dealkylation sites (N-methyl/N-ethyl adjacent to an activating group) is 1. The molecule has 1 fully saturated rings. The number of nitrogens with one attached hydrogen (secondary N) is 1. The van der Waals surface area contributed by atoms with E-state index in [-0.39, 0.29) is 16.7 Å². The van der Waals surface area contributed by atoms with Gasteiger partial charge < -0.3 is 10.2 Å². The molecule has 134 valence electrons. The van der Waals surface area contributed by atoms with Crippen molar-refractivity contribution in [1.82, 2.24) is 14.8 Å². The molecule has 7 heteroatoms. The van der Waals surface area contributed by atoms with Gasteiger partial charge in [0.25, 0.3) is 5.69 Å². The zero-order valence-electron chi connectivity index (χ0n) is 15.0. The maximum Gasteiger partial charge on any atom is 0.270 e. The summed E-state index contributed by atoms with van der Waals surface area (Å²) in [5.41, 5.74) is 2.68. The van der Waals surface area contributed by atoms with Crippen molar-refractivity contribution >= 4 is 22.3 Å². The normalized spacial score (nSPS) is 17.6. The summed E-state index contributed by atoms with van der Waals surface area (Å²) in [5.74, 6) is 0. The second kappa shape index (κ2) is 7.33. The minimum absolute atomic E-state index is 0.0907. The molecular weight excluding hydrogens is 318 g/mol. The van der Waals surface area contributed by atoms with Crippen LogP contribution in [0.1, 0.15) is 12.6 Å². The molecule has 1 aliphatic heterocycles.